The average Bonchev–Trinajstić information content (AvgIpc) is 3.26. The predicted octanol–water partition coefficient (Wildman–Crippen LogP) is 3.26. The van der Waals surface area contributed by atoms with Crippen molar-refractivity contribution in [2.75, 3.05) is 24.5 Å². The number of para-hydroxylation sites is 2. The van der Waals surface area contributed by atoms with Crippen LogP contribution in [0, 0.1) is 5.92 Å². The minimum absolute atomic E-state index is 0.0639. The van der Waals surface area contributed by atoms with Crippen molar-refractivity contribution >= 4 is 5.69 Å². The molecule has 0 amide bonds. The molecule has 5 heteroatoms. The molecule has 1 aliphatic carbocycles. The molecule has 3 rings (SSSR count). The van der Waals surface area contributed by atoms with Gasteiger partial charge in [-0.3, -0.25) is 0 Å². The molecule has 1 heterocycles. The molecule has 21 heavy (non-hydrogen) atoms. The third kappa shape index (κ3) is 3.28. The normalized spacial score (nSPS) is 26.8. The number of benzene rings is 1. The molecule has 1 aromatic rings. The van der Waals surface area contributed by atoms with Crippen molar-refractivity contribution in [3.8, 4) is 5.75 Å². The summed E-state index contributed by atoms with van der Waals surface area (Å²) in [6, 6.07) is 7.10. The Hall–Kier alpha value is -1.36. The molecule has 3 nitrogen and oxygen atoms in total. The number of nitrogens with one attached hydrogen (secondary N) is 1. The summed E-state index contributed by atoms with van der Waals surface area (Å²) in [4.78, 5) is 2.19. The van der Waals surface area contributed by atoms with E-state index in [-0.39, 0.29) is 11.3 Å². The Morgan fingerprint density at radius 2 is 2.10 bits per heavy atom. The highest BCUT2D eigenvalue weighted by atomic mass is 19.3. The van der Waals surface area contributed by atoms with Crippen LogP contribution in [0.25, 0.3) is 0 Å². The molecular weight excluding hydrogens is 274 g/mol. The summed E-state index contributed by atoms with van der Waals surface area (Å²) in [5.74, 6) is 0.967. The van der Waals surface area contributed by atoms with Crippen LogP contribution in [0.3, 0.4) is 0 Å². The largest absolute Gasteiger partial charge is 0.433 e. The molecule has 1 unspecified atom stereocenters. The number of rotatable bonds is 4. The molecule has 1 saturated carbocycles. The molecule has 116 valence electrons. The molecule has 1 aromatic carbocycles. The minimum atomic E-state index is -2.79. The first-order chi connectivity index (χ1) is 10.1. The van der Waals surface area contributed by atoms with E-state index < -0.39 is 6.61 Å². The summed E-state index contributed by atoms with van der Waals surface area (Å²) in [7, 11) is 0. The van der Waals surface area contributed by atoms with Gasteiger partial charge < -0.3 is 15.0 Å². The first-order valence-corrected chi connectivity index (χ1v) is 7.62. The first kappa shape index (κ1) is 14.6. The summed E-state index contributed by atoms with van der Waals surface area (Å²) >= 11 is 0. The van der Waals surface area contributed by atoms with Gasteiger partial charge in [-0.1, -0.05) is 12.1 Å². The van der Waals surface area contributed by atoms with Crippen LogP contribution in [-0.2, 0) is 0 Å². The third-order valence-electron chi connectivity index (χ3n) is 4.55. The third-order valence-corrected chi connectivity index (χ3v) is 4.55. The number of hydrogen-bond donors (Lipinski definition) is 1. The second-order valence-corrected chi connectivity index (χ2v) is 6.24. The van der Waals surface area contributed by atoms with E-state index in [9.17, 15) is 8.78 Å². The topological polar surface area (TPSA) is 24.5 Å². The standard InChI is InChI=1S/C16H22F2N2O/c1-16(12-7-8-12)11-20(10-4-9-19-16)13-5-2-3-6-14(13)21-15(17)18/h2-3,5-6,12,15,19H,4,7-11H2,1H3. The van der Waals surface area contributed by atoms with Crippen LogP contribution in [0.2, 0.25) is 0 Å². The van der Waals surface area contributed by atoms with Crippen molar-refractivity contribution in [2.24, 2.45) is 5.92 Å². The van der Waals surface area contributed by atoms with Gasteiger partial charge in [0, 0.05) is 18.6 Å². The maximum absolute atomic E-state index is 12.6. The predicted molar refractivity (Wildman–Crippen MR) is 79.0 cm³/mol. The molecule has 2 fully saturated rings. The van der Waals surface area contributed by atoms with Gasteiger partial charge in [0.15, 0.2) is 0 Å². The Balaban J connectivity index is 1.84. The van der Waals surface area contributed by atoms with Gasteiger partial charge in [-0.25, -0.2) is 0 Å². The Labute approximate surface area is 124 Å². The molecule has 1 N–H and O–H groups in total. The van der Waals surface area contributed by atoms with Gasteiger partial charge in [-0.15, -0.1) is 0 Å². The highest BCUT2D eigenvalue weighted by molar-refractivity contribution is 5.59. The van der Waals surface area contributed by atoms with E-state index in [1.54, 1.807) is 12.1 Å². The highest BCUT2D eigenvalue weighted by Gasteiger charge is 2.43. The molecular formula is C16H22F2N2O. The second kappa shape index (κ2) is 5.79. The van der Waals surface area contributed by atoms with E-state index in [2.05, 4.69) is 21.9 Å². The van der Waals surface area contributed by atoms with Crippen LogP contribution in [0.5, 0.6) is 5.75 Å². The maximum atomic E-state index is 12.6. The summed E-state index contributed by atoms with van der Waals surface area (Å²) < 4.78 is 29.9. The number of ether oxygens (including phenoxy) is 1. The van der Waals surface area contributed by atoms with Gasteiger partial charge >= 0.3 is 6.61 Å². The van der Waals surface area contributed by atoms with Crippen molar-refractivity contribution < 1.29 is 13.5 Å². The Kier molecular flexibility index (Phi) is 4.02. The van der Waals surface area contributed by atoms with Gasteiger partial charge in [0.05, 0.1) is 5.69 Å². The lowest BCUT2D eigenvalue weighted by Crippen LogP contribution is -2.51. The van der Waals surface area contributed by atoms with Gasteiger partial charge in [-0.2, -0.15) is 8.78 Å². The van der Waals surface area contributed by atoms with Crippen LogP contribution < -0.4 is 15.0 Å². The quantitative estimate of drug-likeness (QED) is 0.923. The maximum Gasteiger partial charge on any atom is 0.387 e. The lowest BCUT2D eigenvalue weighted by atomic mass is 9.95. The van der Waals surface area contributed by atoms with Crippen molar-refractivity contribution in [1.29, 1.82) is 0 Å². The Morgan fingerprint density at radius 3 is 2.81 bits per heavy atom. The van der Waals surface area contributed by atoms with Crippen LogP contribution in [0.1, 0.15) is 26.2 Å². The number of nitrogens with zero attached hydrogens (tertiary/aromatic N) is 1. The minimum Gasteiger partial charge on any atom is -0.433 e. The Morgan fingerprint density at radius 1 is 1.33 bits per heavy atom. The molecule has 0 radical (unpaired) electrons. The summed E-state index contributed by atoms with van der Waals surface area (Å²) in [5, 5.41) is 3.65. The van der Waals surface area contributed by atoms with Crippen LogP contribution >= 0.6 is 0 Å². The second-order valence-electron chi connectivity index (χ2n) is 6.24. The van der Waals surface area contributed by atoms with Gasteiger partial charge in [0.1, 0.15) is 5.75 Å². The van der Waals surface area contributed by atoms with E-state index >= 15 is 0 Å². The molecule has 0 aromatic heterocycles. The summed E-state index contributed by atoms with van der Waals surface area (Å²) in [6.07, 6.45) is 3.52. The van der Waals surface area contributed by atoms with Crippen molar-refractivity contribution in [3.63, 3.8) is 0 Å². The zero-order chi connectivity index (χ0) is 14.9. The summed E-state index contributed by atoms with van der Waals surface area (Å²) in [6.45, 7) is 2.13. The smallest absolute Gasteiger partial charge is 0.387 e. The lowest BCUT2D eigenvalue weighted by molar-refractivity contribution is -0.0495. The van der Waals surface area contributed by atoms with Crippen LogP contribution in [0.4, 0.5) is 14.5 Å². The van der Waals surface area contributed by atoms with E-state index in [0.717, 1.165) is 31.7 Å². The van der Waals surface area contributed by atoms with Crippen molar-refractivity contribution in [3.05, 3.63) is 24.3 Å². The van der Waals surface area contributed by atoms with E-state index in [4.69, 9.17) is 0 Å². The zero-order valence-corrected chi connectivity index (χ0v) is 12.3. The monoisotopic (exact) mass is 296 g/mol. The molecule has 0 spiro atoms. The lowest BCUT2D eigenvalue weighted by Gasteiger charge is -2.35. The fourth-order valence-corrected chi connectivity index (χ4v) is 3.29. The first-order valence-electron chi connectivity index (χ1n) is 7.62. The average molecular weight is 296 g/mol. The molecule has 2 aliphatic rings. The number of hydrogen-bond acceptors (Lipinski definition) is 3. The van der Waals surface area contributed by atoms with E-state index in [0.29, 0.717) is 5.92 Å². The molecule has 0 bridgehead atoms. The van der Waals surface area contributed by atoms with Gasteiger partial charge in [-0.05, 0) is 50.8 Å². The molecule has 1 atom stereocenters. The molecule has 1 aliphatic heterocycles. The Bertz CT molecular complexity index is 493. The van der Waals surface area contributed by atoms with Gasteiger partial charge in [0.2, 0.25) is 0 Å². The molecule has 1 saturated heterocycles. The number of alkyl halides is 2. The van der Waals surface area contributed by atoms with Gasteiger partial charge in [0.25, 0.3) is 0 Å². The fourth-order valence-electron chi connectivity index (χ4n) is 3.29. The van der Waals surface area contributed by atoms with E-state index in [1.165, 1.54) is 12.8 Å². The number of anilines is 1. The summed E-state index contributed by atoms with van der Waals surface area (Å²) in [5.41, 5.74) is 0.836. The number of halogens is 2. The fraction of sp³-hybridized carbons (Fsp3) is 0.625. The zero-order valence-electron chi connectivity index (χ0n) is 12.3. The van der Waals surface area contributed by atoms with Crippen molar-refractivity contribution in [2.45, 2.75) is 38.3 Å². The van der Waals surface area contributed by atoms with Crippen LogP contribution in [-0.4, -0.2) is 31.8 Å². The van der Waals surface area contributed by atoms with E-state index in [1.807, 2.05) is 12.1 Å². The van der Waals surface area contributed by atoms with Crippen molar-refractivity contribution in [1.82, 2.24) is 5.32 Å². The SMILES string of the molecule is CC1(C2CC2)CN(c2ccccc2OC(F)F)CCCN1. The highest BCUT2D eigenvalue weighted by Crippen LogP contribution is 2.42. The van der Waals surface area contributed by atoms with Crippen LogP contribution in [0.15, 0.2) is 24.3 Å².